The van der Waals surface area contributed by atoms with Gasteiger partial charge in [0, 0.05) is 18.2 Å². The number of nitrogens with zero attached hydrogens (tertiary/aromatic N) is 4. The normalized spacial score (nSPS) is 10.5. The second-order valence-electron chi connectivity index (χ2n) is 4.65. The van der Waals surface area contributed by atoms with E-state index in [1.54, 1.807) is 18.2 Å². The first-order valence-electron chi connectivity index (χ1n) is 7.13. The number of nitro groups is 1. The van der Waals surface area contributed by atoms with Gasteiger partial charge in [-0.15, -0.1) is 10.2 Å². The molecule has 0 saturated carbocycles. The molecule has 2 heterocycles. The van der Waals surface area contributed by atoms with Gasteiger partial charge in [0.25, 0.3) is 5.69 Å². The van der Waals surface area contributed by atoms with Crippen molar-refractivity contribution in [2.24, 2.45) is 0 Å². The molecule has 0 aliphatic rings. The Bertz CT molecular complexity index is 854. The zero-order valence-electron chi connectivity index (χ0n) is 12.7. The first kappa shape index (κ1) is 16.3. The maximum atomic E-state index is 11.3. The molecule has 3 rings (SSSR count). The van der Waals surface area contributed by atoms with Crippen molar-refractivity contribution in [3.63, 3.8) is 0 Å². The predicted octanol–water partition coefficient (Wildman–Crippen LogP) is 4.09. The molecule has 0 radical (unpaired) electrons. The van der Waals surface area contributed by atoms with Gasteiger partial charge in [0.15, 0.2) is 4.34 Å². The van der Waals surface area contributed by atoms with Gasteiger partial charge in [-0.05, 0) is 24.8 Å². The van der Waals surface area contributed by atoms with Gasteiger partial charge < -0.3 is 5.32 Å². The largest absolute Gasteiger partial charge is 0.360 e. The van der Waals surface area contributed by atoms with E-state index in [1.807, 2.05) is 25.1 Å². The monoisotopic (exact) mass is 359 g/mol. The van der Waals surface area contributed by atoms with Crippen LogP contribution in [0.25, 0.3) is 11.3 Å². The van der Waals surface area contributed by atoms with Crippen molar-refractivity contribution in [1.29, 1.82) is 0 Å². The molecule has 0 aliphatic carbocycles. The lowest BCUT2D eigenvalue weighted by atomic mass is 10.1. The Morgan fingerprint density at radius 2 is 2.00 bits per heavy atom. The number of benzene rings is 1. The van der Waals surface area contributed by atoms with Gasteiger partial charge in [-0.2, -0.15) is 0 Å². The zero-order valence-corrected chi connectivity index (χ0v) is 14.3. The molecule has 0 bridgehead atoms. The molecule has 122 valence electrons. The highest BCUT2D eigenvalue weighted by atomic mass is 32.2. The number of nitrogens with one attached hydrogen (secondary N) is 1. The van der Waals surface area contributed by atoms with E-state index in [4.69, 9.17) is 0 Å². The van der Waals surface area contributed by atoms with E-state index in [0.717, 1.165) is 16.0 Å². The predicted molar refractivity (Wildman–Crippen MR) is 94.5 cm³/mol. The Hall–Kier alpha value is -2.52. The smallest absolute Gasteiger partial charge is 0.295 e. The van der Waals surface area contributed by atoms with Gasteiger partial charge in [0.05, 0.1) is 4.92 Å². The molecular weight excluding hydrogens is 346 g/mol. The van der Waals surface area contributed by atoms with Crippen LogP contribution in [0.4, 0.5) is 10.8 Å². The maximum absolute atomic E-state index is 11.3. The van der Waals surface area contributed by atoms with E-state index >= 15 is 0 Å². The van der Waals surface area contributed by atoms with Crippen molar-refractivity contribution in [1.82, 2.24) is 15.2 Å². The van der Waals surface area contributed by atoms with Crippen molar-refractivity contribution in [3.05, 3.63) is 52.6 Å². The van der Waals surface area contributed by atoms with Gasteiger partial charge in [0.1, 0.15) is 10.7 Å². The quantitative estimate of drug-likeness (QED) is 0.523. The highest BCUT2D eigenvalue weighted by Gasteiger charge is 2.18. The van der Waals surface area contributed by atoms with E-state index in [0.29, 0.717) is 16.3 Å². The highest BCUT2D eigenvalue weighted by Crippen LogP contribution is 2.35. The standard InChI is InChI=1S/C15H13N5O2S2/c1-2-16-14-18-19-15(24-14)23-12-9-8-11(20(21)22)13(17-12)10-6-4-3-5-7-10/h3-9H,2H2,1H3,(H,16,18). The van der Waals surface area contributed by atoms with Crippen molar-refractivity contribution < 1.29 is 4.92 Å². The lowest BCUT2D eigenvalue weighted by Gasteiger charge is -2.04. The number of pyridine rings is 1. The summed E-state index contributed by atoms with van der Waals surface area (Å²) in [6.45, 7) is 2.76. The van der Waals surface area contributed by atoms with Crippen LogP contribution < -0.4 is 5.32 Å². The number of hydrogen-bond acceptors (Lipinski definition) is 8. The van der Waals surface area contributed by atoms with Gasteiger partial charge in [-0.25, -0.2) is 4.98 Å². The molecule has 0 aliphatic heterocycles. The summed E-state index contributed by atoms with van der Waals surface area (Å²) < 4.78 is 0.728. The zero-order chi connectivity index (χ0) is 16.9. The summed E-state index contributed by atoms with van der Waals surface area (Å²) in [5, 5.41) is 23.9. The summed E-state index contributed by atoms with van der Waals surface area (Å²) in [6.07, 6.45) is 0. The first-order valence-corrected chi connectivity index (χ1v) is 8.76. The van der Waals surface area contributed by atoms with E-state index in [1.165, 1.54) is 29.2 Å². The summed E-state index contributed by atoms with van der Waals surface area (Å²) in [4.78, 5) is 15.3. The van der Waals surface area contributed by atoms with Crippen molar-refractivity contribution in [3.8, 4) is 11.3 Å². The van der Waals surface area contributed by atoms with Crippen molar-refractivity contribution in [2.75, 3.05) is 11.9 Å². The van der Waals surface area contributed by atoms with Crippen LogP contribution in [0.15, 0.2) is 51.8 Å². The third-order valence-corrected chi connectivity index (χ3v) is 4.89. The summed E-state index contributed by atoms with van der Waals surface area (Å²) in [5.74, 6) is 0. The van der Waals surface area contributed by atoms with Crippen LogP contribution in [0.3, 0.4) is 0 Å². The Labute approximate surface area is 146 Å². The molecule has 9 heteroatoms. The third kappa shape index (κ3) is 3.69. The van der Waals surface area contributed by atoms with Crippen molar-refractivity contribution >= 4 is 33.9 Å². The number of rotatable bonds is 6. The van der Waals surface area contributed by atoms with Gasteiger partial charge >= 0.3 is 0 Å². The van der Waals surface area contributed by atoms with Gasteiger partial charge in [0.2, 0.25) is 5.13 Å². The molecule has 2 aromatic heterocycles. The van der Waals surface area contributed by atoms with Crippen LogP contribution in [0.5, 0.6) is 0 Å². The highest BCUT2D eigenvalue weighted by molar-refractivity contribution is 8.01. The third-order valence-electron chi connectivity index (χ3n) is 3.02. The molecule has 1 N–H and O–H groups in total. The topological polar surface area (TPSA) is 93.8 Å². The fourth-order valence-corrected chi connectivity index (χ4v) is 3.75. The lowest BCUT2D eigenvalue weighted by molar-refractivity contribution is -0.384. The maximum Gasteiger partial charge on any atom is 0.295 e. The number of aromatic nitrogens is 3. The molecule has 0 spiro atoms. The van der Waals surface area contributed by atoms with Crippen LogP contribution in [-0.4, -0.2) is 26.6 Å². The van der Waals surface area contributed by atoms with Gasteiger partial charge in [-0.1, -0.05) is 41.7 Å². The molecule has 3 aromatic rings. The Kier molecular flexibility index (Phi) is 5.02. The molecule has 0 fully saturated rings. The van der Waals surface area contributed by atoms with Crippen LogP contribution in [0, 0.1) is 10.1 Å². The fraction of sp³-hybridized carbons (Fsp3) is 0.133. The number of hydrogen-bond donors (Lipinski definition) is 1. The minimum atomic E-state index is -0.419. The summed E-state index contributed by atoms with van der Waals surface area (Å²) in [5.41, 5.74) is 1.04. The number of anilines is 1. The van der Waals surface area contributed by atoms with Crippen molar-refractivity contribution in [2.45, 2.75) is 16.3 Å². The molecule has 0 atom stereocenters. The minimum Gasteiger partial charge on any atom is -0.360 e. The van der Waals surface area contributed by atoms with E-state index in [-0.39, 0.29) is 5.69 Å². The molecule has 1 aromatic carbocycles. The SMILES string of the molecule is CCNc1nnc(Sc2ccc([N+](=O)[O-])c(-c3ccccc3)n2)s1. The van der Waals surface area contributed by atoms with Gasteiger partial charge in [-0.3, -0.25) is 10.1 Å². The molecule has 0 saturated heterocycles. The minimum absolute atomic E-state index is 0.0175. The lowest BCUT2D eigenvalue weighted by Crippen LogP contribution is -1.95. The van der Waals surface area contributed by atoms with E-state index < -0.39 is 4.92 Å². The second-order valence-corrected chi connectivity index (χ2v) is 6.89. The Morgan fingerprint density at radius 3 is 2.71 bits per heavy atom. The van der Waals surface area contributed by atoms with Crippen LogP contribution in [0.2, 0.25) is 0 Å². The van der Waals surface area contributed by atoms with Crippen LogP contribution in [0.1, 0.15) is 6.92 Å². The van der Waals surface area contributed by atoms with E-state index in [2.05, 4.69) is 20.5 Å². The Balaban J connectivity index is 1.93. The second kappa shape index (κ2) is 7.37. The first-order chi connectivity index (χ1) is 11.7. The van der Waals surface area contributed by atoms with Crippen LogP contribution in [-0.2, 0) is 0 Å². The molecular formula is C15H13N5O2S2. The molecule has 0 unspecified atom stereocenters. The summed E-state index contributed by atoms with van der Waals surface area (Å²) in [7, 11) is 0. The Morgan fingerprint density at radius 1 is 1.21 bits per heavy atom. The average Bonchev–Trinajstić information content (AvgIpc) is 3.03. The van der Waals surface area contributed by atoms with E-state index in [9.17, 15) is 10.1 Å². The molecule has 7 nitrogen and oxygen atoms in total. The average molecular weight is 359 g/mol. The summed E-state index contributed by atoms with van der Waals surface area (Å²) in [6, 6.07) is 12.2. The summed E-state index contributed by atoms with van der Waals surface area (Å²) >= 11 is 2.75. The van der Waals surface area contributed by atoms with Crippen LogP contribution >= 0.6 is 23.1 Å². The molecule has 0 amide bonds. The fourth-order valence-electron chi connectivity index (χ4n) is 2.01. The molecule has 24 heavy (non-hydrogen) atoms.